The van der Waals surface area contributed by atoms with Gasteiger partial charge in [0.1, 0.15) is 5.82 Å². The van der Waals surface area contributed by atoms with Gasteiger partial charge in [0.05, 0.1) is 11.7 Å². The number of carbonyl (C=O) groups is 2. The molecule has 2 amide bonds. The molecule has 3 aliphatic rings. The maximum Gasteiger partial charge on any atom is 0.254 e. The summed E-state index contributed by atoms with van der Waals surface area (Å²) in [5, 5.41) is 10.5. The predicted octanol–water partition coefficient (Wildman–Crippen LogP) is 2.98. The van der Waals surface area contributed by atoms with Gasteiger partial charge in [-0.25, -0.2) is 4.98 Å². The molecule has 0 atom stereocenters. The van der Waals surface area contributed by atoms with Gasteiger partial charge in [-0.2, -0.15) is 5.10 Å². The third kappa shape index (κ3) is 3.20. The third-order valence-corrected chi connectivity index (χ3v) is 7.60. The number of piperidine rings is 1. The number of rotatable bonds is 2. The largest absolute Gasteiger partial charge is 0.356 e. The maximum atomic E-state index is 13.4. The number of fused-ring (bicyclic) bond motifs is 3. The van der Waals surface area contributed by atoms with Gasteiger partial charge in [-0.15, -0.1) is 0 Å². The molecule has 6 rings (SSSR count). The van der Waals surface area contributed by atoms with E-state index in [0.29, 0.717) is 18.7 Å². The van der Waals surface area contributed by atoms with Crippen LogP contribution in [0.4, 0.5) is 5.82 Å². The van der Waals surface area contributed by atoms with E-state index in [1.165, 1.54) is 0 Å². The van der Waals surface area contributed by atoms with E-state index < -0.39 is 0 Å². The van der Waals surface area contributed by atoms with Crippen molar-refractivity contribution in [2.45, 2.75) is 44.2 Å². The summed E-state index contributed by atoms with van der Waals surface area (Å²) < 4.78 is 0. The number of nitrogens with one attached hydrogen (secondary N) is 2. The molecule has 3 aliphatic heterocycles. The third-order valence-electron chi connectivity index (χ3n) is 7.60. The fourth-order valence-electron chi connectivity index (χ4n) is 5.85. The van der Waals surface area contributed by atoms with Crippen LogP contribution in [0.25, 0.3) is 0 Å². The van der Waals surface area contributed by atoms with Crippen LogP contribution in [0.15, 0.2) is 48.8 Å². The zero-order valence-electron chi connectivity index (χ0n) is 19.5. The van der Waals surface area contributed by atoms with Crippen molar-refractivity contribution in [1.29, 1.82) is 0 Å². The van der Waals surface area contributed by atoms with Crippen molar-refractivity contribution < 1.29 is 9.59 Å². The molecular weight excluding hydrogens is 428 g/mol. The summed E-state index contributed by atoms with van der Waals surface area (Å²) in [6.45, 7) is 6.96. The lowest BCUT2D eigenvalue weighted by molar-refractivity contribution is 0.0684. The van der Waals surface area contributed by atoms with Gasteiger partial charge in [-0.05, 0) is 36.6 Å². The average Bonchev–Trinajstić information content (AvgIpc) is 3.43. The van der Waals surface area contributed by atoms with E-state index in [1.807, 2.05) is 35.4 Å². The standard InChI is InChI=1S/C26H28N6O2/c1-25(2)16-32(15-18-14-28-30-22(18)25)24(34)17-7-10-27-21(13-17)31-11-8-26(9-12-31)20-6-4-3-5-19(20)23(33)29-26/h3-7,10,13-14H,8-9,11-12,15-16H2,1-2H3,(H,28,30)(H,29,33). The summed E-state index contributed by atoms with van der Waals surface area (Å²) in [5.74, 6) is 0.827. The second kappa shape index (κ2) is 7.41. The van der Waals surface area contributed by atoms with Crippen LogP contribution in [0.3, 0.4) is 0 Å². The highest BCUT2D eigenvalue weighted by molar-refractivity contribution is 6.00. The van der Waals surface area contributed by atoms with E-state index in [0.717, 1.165) is 54.1 Å². The lowest BCUT2D eigenvalue weighted by Crippen LogP contribution is -2.49. The Kier molecular flexibility index (Phi) is 4.56. The number of aromatic nitrogens is 3. The molecule has 8 heteroatoms. The van der Waals surface area contributed by atoms with Crippen LogP contribution < -0.4 is 10.2 Å². The first-order valence-corrected chi connectivity index (χ1v) is 11.8. The fourth-order valence-corrected chi connectivity index (χ4v) is 5.85. The molecule has 0 radical (unpaired) electrons. The topological polar surface area (TPSA) is 94.2 Å². The Morgan fingerprint density at radius 1 is 1.12 bits per heavy atom. The molecule has 0 saturated carbocycles. The number of carbonyl (C=O) groups excluding carboxylic acids is 2. The fraction of sp³-hybridized carbons (Fsp3) is 0.385. The van der Waals surface area contributed by atoms with Crippen LogP contribution in [0.2, 0.25) is 0 Å². The van der Waals surface area contributed by atoms with Crippen LogP contribution in [0.5, 0.6) is 0 Å². The van der Waals surface area contributed by atoms with E-state index in [4.69, 9.17) is 0 Å². The minimum atomic E-state index is -0.306. The van der Waals surface area contributed by atoms with Crippen molar-refractivity contribution in [2.24, 2.45) is 0 Å². The summed E-state index contributed by atoms with van der Waals surface area (Å²) >= 11 is 0. The summed E-state index contributed by atoms with van der Waals surface area (Å²) in [7, 11) is 0. The number of nitrogens with zero attached hydrogens (tertiary/aromatic N) is 4. The first kappa shape index (κ1) is 20.9. The number of anilines is 1. The highest BCUT2D eigenvalue weighted by Gasteiger charge is 2.44. The second-order valence-electron chi connectivity index (χ2n) is 10.3. The van der Waals surface area contributed by atoms with Crippen LogP contribution in [-0.4, -0.2) is 51.5 Å². The molecule has 5 heterocycles. The molecular formula is C26H28N6O2. The van der Waals surface area contributed by atoms with Gasteiger partial charge in [0.25, 0.3) is 11.8 Å². The van der Waals surface area contributed by atoms with Gasteiger partial charge in [-0.1, -0.05) is 32.0 Å². The highest BCUT2D eigenvalue weighted by Crippen LogP contribution is 2.40. The monoisotopic (exact) mass is 456 g/mol. The molecule has 2 N–H and O–H groups in total. The lowest BCUT2D eigenvalue weighted by Gasteiger charge is -2.40. The van der Waals surface area contributed by atoms with Gasteiger partial charge in [0.15, 0.2) is 0 Å². The number of pyridine rings is 1. The van der Waals surface area contributed by atoms with Crippen molar-refractivity contribution in [3.8, 4) is 0 Å². The molecule has 1 fully saturated rings. The maximum absolute atomic E-state index is 13.4. The number of H-pyrrole nitrogens is 1. The predicted molar refractivity (Wildman–Crippen MR) is 128 cm³/mol. The normalized spacial score (nSPS) is 20.1. The Labute approximate surface area is 198 Å². The van der Waals surface area contributed by atoms with E-state index in [2.05, 4.69) is 45.3 Å². The lowest BCUT2D eigenvalue weighted by atomic mass is 9.82. The van der Waals surface area contributed by atoms with Gasteiger partial charge < -0.3 is 15.1 Å². The Morgan fingerprint density at radius 2 is 1.91 bits per heavy atom. The summed E-state index contributed by atoms with van der Waals surface area (Å²) in [4.78, 5) is 34.6. The van der Waals surface area contributed by atoms with Crippen molar-refractivity contribution >= 4 is 17.6 Å². The highest BCUT2D eigenvalue weighted by atomic mass is 16.2. The van der Waals surface area contributed by atoms with Crippen LogP contribution >= 0.6 is 0 Å². The molecule has 3 aromatic rings. The SMILES string of the molecule is CC1(C)CN(C(=O)c2ccnc(N3CCC4(CC3)NC(=O)c3ccccc34)c2)Cc2cn[nH]c21. The number of amides is 2. The zero-order valence-corrected chi connectivity index (χ0v) is 19.5. The number of benzene rings is 1. The molecule has 1 saturated heterocycles. The van der Waals surface area contributed by atoms with Gasteiger partial charge in [0, 0.05) is 60.2 Å². The van der Waals surface area contributed by atoms with Gasteiger partial charge in [0.2, 0.25) is 0 Å². The van der Waals surface area contributed by atoms with Crippen LogP contribution in [-0.2, 0) is 17.5 Å². The molecule has 2 aromatic heterocycles. The van der Waals surface area contributed by atoms with E-state index in [9.17, 15) is 9.59 Å². The number of aromatic amines is 1. The molecule has 8 nitrogen and oxygen atoms in total. The summed E-state index contributed by atoms with van der Waals surface area (Å²) in [5.41, 5.74) is 4.22. The van der Waals surface area contributed by atoms with Gasteiger partial charge in [-0.3, -0.25) is 14.7 Å². The molecule has 1 spiro atoms. The minimum Gasteiger partial charge on any atom is -0.356 e. The molecule has 174 valence electrons. The van der Waals surface area contributed by atoms with Gasteiger partial charge >= 0.3 is 0 Å². The summed E-state index contributed by atoms with van der Waals surface area (Å²) in [6.07, 6.45) is 5.15. The Bertz CT molecular complexity index is 1290. The summed E-state index contributed by atoms with van der Waals surface area (Å²) in [6, 6.07) is 11.6. The molecule has 1 aromatic carbocycles. The number of hydrogen-bond acceptors (Lipinski definition) is 5. The van der Waals surface area contributed by atoms with Crippen LogP contribution in [0.1, 0.15) is 64.2 Å². The van der Waals surface area contributed by atoms with Crippen molar-refractivity contribution in [3.05, 3.63) is 76.7 Å². The minimum absolute atomic E-state index is 0.00837. The van der Waals surface area contributed by atoms with Crippen molar-refractivity contribution in [2.75, 3.05) is 24.5 Å². The Hall–Kier alpha value is -3.68. The Balaban J connectivity index is 1.20. The van der Waals surface area contributed by atoms with Crippen molar-refractivity contribution in [1.82, 2.24) is 25.4 Å². The quantitative estimate of drug-likeness (QED) is 0.618. The second-order valence-corrected chi connectivity index (χ2v) is 10.3. The molecule has 0 aliphatic carbocycles. The Morgan fingerprint density at radius 3 is 2.74 bits per heavy atom. The van der Waals surface area contributed by atoms with E-state index in [-0.39, 0.29) is 22.8 Å². The smallest absolute Gasteiger partial charge is 0.254 e. The van der Waals surface area contributed by atoms with Crippen molar-refractivity contribution in [3.63, 3.8) is 0 Å². The molecule has 0 bridgehead atoms. The zero-order chi connectivity index (χ0) is 23.5. The van der Waals surface area contributed by atoms with Crippen LogP contribution in [0, 0.1) is 0 Å². The first-order valence-electron chi connectivity index (χ1n) is 11.8. The first-order chi connectivity index (χ1) is 16.4. The number of hydrogen-bond donors (Lipinski definition) is 2. The molecule has 0 unspecified atom stereocenters. The molecule has 34 heavy (non-hydrogen) atoms. The van der Waals surface area contributed by atoms with E-state index in [1.54, 1.807) is 12.3 Å². The average molecular weight is 457 g/mol. The van der Waals surface area contributed by atoms with E-state index >= 15 is 0 Å².